The first kappa shape index (κ1) is 16.1. The summed E-state index contributed by atoms with van der Waals surface area (Å²) in [6, 6.07) is 10.1. The van der Waals surface area contributed by atoms with Gasteiger partial charge in [-0.3, -0.25) is 9.59 Å². The first-order chi connectivity index (χ1) is 11.4. The molecule has 2 aromatic rings. The summed E-state index contributed by atoms with van der Waals surface area (Å²) < 4.78 is 26.6. The van der Waals surface area contributed by atoms with Crippen LogP contribution in [0.5, 0.6) is 0 Å². The van der Waals surface area contributed by atoms with E-state index in [9.17, 15) is 18.4 Å². The smallest absolute Gasteiger partial charge is 0.240 e. The average Bonchev–Trinajstić information content (AvgIpc) is 3.32. The maximum absolute atomic E-state index is 13.7. The van der Waals surface area contributed by atoms with Crippen LogP contribution in [0.4, 0.5) is 20.2 Å². The first-order valence-electron chi connectivity index (χ1n) is 7.55. The third kappa shape index (κ3) is 3.13. The molecule has 2 aromatic carbocycles. The number of aryl methyl sites for hydroxylation is 1. The van der Waals surface area contributed by atoms with E-state index in [0.29, 0.717) is 24.6 Å². The van der Waals surface area contributed by atoms with Crippen LogP contribution in [0.15, 0.2) is 42.5 Å². The lowest BCUT2D eigenvalue weighted by molar-refractivity contribution is -0.131. The molecule has 1 saturated carbocycles. The summed E-state index contributed by atoms with van der Waals surface area (Å²) in [6.45, 7) is 1.90. The molecule has 0 bridgehead atoms. The second kappa shape index (κ2) is 6.03. The van der Waals surface area contributed by atoms with Gasteiger partial charge in [0.25, 0.3) is 0 Å². The zero-order chi connectivity index (χ0) is 17.3. The highest BCUT2D eigenvalue weighted by Crippen LogP contribution is 2.47. The van der Waals surface area contributed by atoms with Crippen molar-refractivity contribution in [2.75, 3.05) is 10.6 Å². The van der Waals surface area contributed by atoms with Crippen LogP contribution in [-0.4, -0.2) is 11.8 Å². The SMILES string of the molecule is Cc1cccc(NC(=O)C2(C(=O)Nc3ccc(F)cc3F)CC2)c1. The monoisotopic (exact) mass is 330 g/mol. The van der Waals surface area contributed by atoms with Crippen molar-refractivity contribution >= 4 is 23.2 Å². The van der Waals surface area contributed by atoms with Gasteiger partial charge >= 0.3 is 0 Å². The van der Waals surface area contributed by atoms with Gasteiger partial charge in [-0.1, -0.05) is 12.1 Å². The Hall–Kier alpha value is -2.76. The van der Waals surface area contributed by atoms with Gasteiger partial charge in [0.05, 0.1) is 5.69 Å². The van der Waals surface area contributed by atoms with Crippen LogP contribution >= 0.6 is 0 Å². The standard InChI is InChI=1S/C18H16F2N2O2/c1-11-3-2-4-13(9-11)21-16(23)18(7-8-18)17(24)22-15-6-5-12(19)10-14(15)20/h2-6,9-10H,7-8H2,1H3,(H,21,23)(H,22,24). The van der Waals surface area contributed by atoms with Gasteiger partial charge in [-0.05, 0) is 49.6 Å². The molecule has 2 N–H and O–H groups in total. The van der Waals surface area contributed by atoms with Crippen molar-refractivity contribution in [3.8, 4) is 0 Å². The number of nitrogens with one attached hydrogen (secondary N) is 2. The third-order valence-corrected chi connectivity index (χ3v) is 4.07. The van der Waals surface area contributed by atoms with Crippen LogP contribution in [0.1, 0.15) is 18.4 Å². The predicted octanol–water partition coefficient (Wildman–Crippen LogP) is 3.63. The van der Waals surface area contributed by atoms with Crippen molar-refractivity contribution in [3.05, 3.63) is 59.7 Å². The minimum Gasteiger partial charge on any atom is -0.325 e. The largest absolute Gasteiger partial charge is 0.325 e. The fraction of sp³-hybridized carbons (Fsp3) is 0.222. The zero-order valence-corrected chi connectivity index (χ0v) is 13.0. The maximum Gasteiger partial charge on any atom is 0.240 e. The molecule has 0 atom stereocenters. The molecule has 4 nitrogen and oxygen atoms in total. The summed E-state index contributed by atoms with van der Waals surface area (Å²) in [6.07, 6.45) is 0.776. The quantitative estimate of drug-likeness (QED) is 0.841. The second-order valence-electron chi connectivity index (χ2n) is 5.98. The molecule has 1 aliphatic rings. The van der Waals surface area contributed by atoms with Crippen LogP contribution in [0.25, 0.3) is 0 Å². The van der Waals surface area contributed by atoms with Crippen molar-refractivity contribution in [1.82, 2.24) is 0 Å². The Balaban J connectivity index is 1.73. The molecule has 0 aliphatic heterocycles. The fourth-order valence-corrected chi connectivity index (χ4v) is 2.49. The van der Waals surface area contributed by atoms with E-state index in [0.717, 1.165) is 17.7 Å². The summed E-state index contributed by atoms with van der Waals surface area (Å²) >= 11 is 0. The number of amides is 2. The highest BCUT2D eigenvalue weighted by atomic mass is 19.1. The van der Waals surface area contributed by atoms with Crippen LogP contribution in [-0.2, 0) is 9.59 Å². The lowest BCUT2D eigenvalue weighted by Gasteiger charge is -2.16. The van der Waals surface area contributed by atoms with Gasteiger partial charge in [-0.2, -0.15) is 0 Å². The van der Waals surface area contributed by atoms with Gasteiger partial charge in [0.2, 0.25) is 11.8 Å². The molecule has 0 unspecified atom stereocenters. The van der Waals surface area contributed by atoms with E-state index in [1.54, 1.807) is 18.2 Å². The van der Waals surface area contributed by atoms with Gasteiger partial charge in [-0.15, -0.1) is 0 Å². The Morgan fingerprint density at radius 3 is 2.33 bits per heavy atom. The summed E-state index contributed by atoms with van der Waals surface area (Å²) in [5.41, 5.74) is 0.239. The molecule has 1 aliphatic carbocycles. The Morgan fingerprint density at radius 2 is 1.71 bits per heavy atom. The fourth-order valence-electron chi connectivity index (χ4n) is 2.49. The molecule has 3 rings (SSSR count). The van der Waals surface area contributed by atoms with Gasteiger partial charge in [-0.25, -0.2) is 8.78 Å². The van der Waals surface area contributed by atoms with Gasteiger partial charge in [0.15, 0.2) is 0 Å². The number of hydrogen-bond acceptors (Lipinski definition) is 2. The first-order valence-corrected chi connectivity index (χ1v) is 7.55. The average molecular weight is 330 g/mol. The molecule has 24 heavy (non-hydrogen) atoms. The van der Waals surface area contributed by atoms with E-state index in [2.05, 4.69) is 10.6 Å². The minimum absolute atomic E-state index is 0.143. The van der Waals surface area contributed by atoms with E-state index in [1.807, 2.05) is 13.0 Å². The molecule has 0 radical (unpaired) electrons. The summed E-state index contributed by atoms with van der Waals surface area (Å²) in [7, 11) is 0. The van der Waals surface area contributed by atoms with E-state index in [-0.39, 0.29) is 5.69 Å². The van der Waals surface area contributed by atoms with Crippen molar-refractivity contribution in [3.63, 3.8) is 0 Å². The summed E-state index contributed by atoms with van der Waals surface area (Å²) in [5, 5.41) is 5.10. The number of hydrogen-bond donors (Lipinski definition) is 2. The summed E-state index contributed by atoms with van der Waals surface area (Å²) in [5.74, 6) is -2.62. The molecule has 0 spiro atoms. The molecular formula is C18H16F2N2O2. The van der Waals surface area contributed by atoms with Gasteiger partial charge in [0.1, 0.15) is 17.0 Å². The van der Waals surface area contributed by atoms with Crippen molar-refractivity contribution in [2.24, 2.45) is 5.41 Å². The van der Waals surface area contributed by atoms with Crippen LogP contribution < -0.4 is 10.6 Å². The Bertz CT molecular complexity index is 816. The molecule has 6 heteroatoms. The Morgan fingerprint density at radius 1 is 1.00 bits per heavy atom. The van der Waals surface area contributed by atoms with Gasteiger partial charge < -0.3 is 10.6 Å². The number of carbonyl (C=O) groups is 2. The van der Waals surface area contributed by atoms with Crippen molar-refractivity contribution in [2.45, 2.75) is 19.8 Å². The predicted molar refractivity (Wildman–Crippen MR) is 86.5 cm³/mol. The molecule has 124 valence electrons. The number of carbonyl (C=O) groups excluding carboxylic acids is 2. The molecule has 0 aromatic heterocycles. The molecule has 1 fully saturated rings. The highest BCUT2D eigenvalue weighted by molar-refractivity contribution is 6.16. The second-order valence-corrected chi connectivity index (χ2v) is 5.98. The summed E-state index contributed by atoms with van der Waals surface area (Å²) in [4.78, 5) is 24.9. The van der Waals surface area contributed by atoms with E-state index < -0.39 is 28.9 Å². The lowest BCUT2D eigenvalue weighted by Crippen LogP contribution is -2.35. The van der Waals surface area contributed by atoms with E-state index in [4.69, 9.17) is 0 Å². The number of anilines is 2. The number of benzene rings is 2. The highest BCUT2D eigenvalue weighted by Gasteiger charge is 2.56. The molecule has 2 amide bonds. The maximum atomic E-state index is 13.7. The Labute approximate surface area is 137 Å². The molecule has 0 heterocycles. The number of halogens is 2. The van der Waals surface area contributed by atoms with Crippen LogP contribution in [0, 0.1) is 24.0 Å². The topological polar surface area (TPSA) is 58.2 Å². The zero-order valence-electron chi connectivity index (χ0n) is 13.0. The molecule has 0 saturated heterocycles. The van der Waals surface area contributed by atoms with E-state index in [1.165, 1.54) is 0 Å². The van der Waals surface area contributed by atoms with Crippen LogP contribution in [0.2, 0.25) is 0 Å². The third-order valence-electron chi connectivity index (χ3n) is 4.07. The molecular weight excluding hydrogens is 314 g/mol. The van der Waals surface area contributed by atoms with Crippen molar-refractivity contribution in [1.29, 1.82) is 0 Å². The normalized spacial score (nSPS) is 14.8. The van der Waals surface area contributed by atoms with Gasteiger partial charge in [0, 0.05) is 11.8 Å². The Kier molecular flexibility index (Phi) is 4.05. The minimum atomic E-state index is -1.20. The van der Waals surface area contributed by atoms with Crippen LogP contribution in [0.3, 0.4) is 0 Å². The van der Waals surface area contributed by atoms with Crippen molar-refractivity contribution < 1.29 is 18.4 Å². The lowest BCUT2D eigenvalue weighted by atomic mass is 10.0. The van der Waals surface area contributed by atoms with E-state index >= 15 is 0 Å². The number of rotatable bonds is 4.